The Morgan fingerprint density at radius 2 is 0.863 bits per heavy atom. The Hall–Kier alpha value is -6.70. The first-order valence-corrected chi connectivity index (χ1v) is 17.6. The van der Waals surface area contributed by atoms with Crippen LogP contribution in [-0.4, -0.2) is 0 Å². The van der Waals surface area contributed by atoms with Gasteiger partial charge in [0.1, 0.15) is 11.2 Å². The fourth-order valence-electron chi connectivity index (χ4n) is 8.63. The predicted octanol–water partition coefficient (Wildman–Crippen LogP) is 14.4. The molecular weight excluding hydrogens is 617 g/mol. The van der Waals surface area contributed by atoms with Crippen LogP contribution >= 0.6 is 0 Å². The van der Waals surface area contributed by atoms with Crippen LogP contribution < -0.4 is 0 Å². The molecule has 0 aliphatic heterocycles. The van der Waals surface area contributed by atoms with Crippen LogP contribution in [0.25, 0.3) is 109 Å². The van der Waals surface area contributed by atoms with Crippen molar-refractivity contribution < 1.29 is 4.42 Å². The lowest BCUT2D eigenvalue weighted by atomic mass is 9.83. The fourth-order valence-corrected chi connectivity index (χ4v) is 8.63. The molecule has 0 saturated heterocycles. The third kappa shape index (κ3) is 4.16. The average Bonchev–Trinajstić information content (AvgIpc) is 3.59. The van der Waals surface area contributed by atoms with Crippen molar-refractivity contribution >= 4 is 75.8 Å². The molecule has 11 rings (SSSR count). The van der Waals surface area contributed by atoms with E-state index in [4.69, 9.17) is 4.42 Å². The molecule has 0 radical (unpaired) electrons. The van der Waals surface area contributed by atoms with Crippen LogP contribution in [0.2, 0.25) is 0 Å². The van der Waals surface area contributed by atoms with Crippen LogP contribution in [0.4, 0.5) is 0 Å². The zero-order valence-corrected chi connectivity index (χ0v) is 27.7. The molecular formula is C50H30O. The van der Waals surface area contributed by atoms with Crippen molar-refractivity contribution in [2.24, 2.45) is 0 Å². The van der Waals surface area contributed by atoms with Crippen molar-refractivity contribution in [1.82, 2.24) is 0 Å². The van der Waals surface area contributed by atoms with Gasteiger partial charge in [0, 0.05) is 16.2 Å². The highest BCUT2D eigenvalue weighted by atomic mass is 16.3. The van der Waals surface area contributed by atoms with Gasteiger partial charge in [0.25, 0.3) is 0 Å². The molecule has 11 aromatic rings. The maximum atomic E-state index is 6.57. The van der Waals surface area contributed by atoms with E-state index in [1.165, 1.54) is 81.9 Å². The Morgan fingerprint density at radius 3 is 1.61 bits per heavy atom. The monoisotopic (exact) mass is 646 g/mol. The standard InChI is InChI=1S/C50H30O/c1-4-18-37-31(13-1)27-28-44-49-36(25-12-26-46(49)51-50(37)44)32-15-11-16-34(29-32)47-40-21-7-9-23-42(40)48(43-24-10-8-22-41(43)47)45-30-33-14-2-3-17-35(33)38-19-5-6-20-39(38)45/h1-30H. The predicted molar refractivity (Wildman–Crippen MR) is 218 cm³/mol. The summed E-state index contributed by atoms with van der Waals surface area (Å²) in [6.07, 6.45) is 0. The summed E-state index contributed by atoms with van der Waals surface area (Å²) >= 11 is 0. The van der Waals surface area contributed by atoms with E-state index in [-0.39, 0.29) is 0 Å². The van der Waals surface area contributed by atoms with Crippen molar-refractivity contribution in [3.63, 3.8) is 0 Å². The molecule has 0 aliphatic carbocycles. The fraction of sp³-hybridized carbons (Fsp3) is 0. The van der Waals surface area contributed by atoms with E-state index in [0.717, 1.165) is 27.3 Å². The molecule has 0 spiro atoms. The molecule has 10 aromatic carbocycles. The van der Waals surface area contributed by atoms with Crippen LogP contribution in [-0.2, 0) is 0 Å². The summed E-state index contributed by atoms with van der Waals surface area (Å²) in [6.45, 7) is 0. The van der Waals surface area contributed by atoms with Gasteiger partial charge in [-0.25, -0.2) is 0 Å². The summed E-state index contributed by atoms with van der Waals surface area (Å²) in [4.78, 5) is 0. The highest BCUT2D eigenvalue weighted by Gasteiger charge is 2.20. The average molecular weight is 647 g/mol. The lowest BCUT2D eigenvalue weighted by Crippen LogP contribution is -1.92. The largest absolute Gasteiger partial charge is 0.455 e. The van der Waals surface area contributed by atoms with E-state index < -0.39 is 0 Å². The SMILES string of the molecule is c1cc(-c2c3ccccc3c(-c3cc4ccccc4c4ccccc34)c3ccccc23)cc(-c2cccc3oc4c5ccccc5ccc4c23)c1. The van der Waals surface area contributed by atoms with Crippen molar-refractivity contribution in [2.75, 3.05) is 0 Å². The molecule has 0 N–H and O–H groups in total. The number of rotatable bonds is 3. The Morgan fingerprint density at radius 1 is 0.294 bits per heavy atom. The normalized spacial score (nSPS) is 11.9. The second-order valence-electron chi connectivity index (χ2n) is 13.6. The van der Waals surface area contributed by atoms with Gasteiger partial charge in [-0.3, -0.25) is 0 Å². The first-order valence-electron chi connectivity index (χ1n) is 17.6. The second-order valence-corrected chi connectivity index (χ2v) is 13.6. The van der Waals surface area contributed by atoms with E-state index in [1.807, 2.05) is 0 Å². The van der Waals surface area contributed by atoms with E-state index in [1.54, 1.807) is 0 Å². The molecule has 0 fully saturated rings. The van der Waals surface area contributed by atoms with Gasteiger partial charge in [-0.2, -0.15) is 0 Å². The van der Waals surface area contributed by atoms with E-state index >= 15 is 0 Å². The third-order valence-electron chi connectivity index (χ3n) is 10.8. The molecule has 0 aliphatic rings. The number of hydrogen-bond acceptors (Lipinski definition) is 1. The Balaban J connectivity index is 1.19. The van der Waals surface area contributed by atoms with Crippen LogP contribution in [0.3, 0.4) is 0 Å². The van der Waals surface area contributed by atoms with Crippen molar-refractivity contribution in [2.45, 2.75) is 0 Å². The lowest BCUT2D eigenvalue weighted by molar-refractivity contribution is 0.673. The summed E-state index contributed by atoms with van der Waals surface area (Å²) in [5.74, 6) is 0. The molecule has 1 nitrogen and oxygen atoms in total. The van der Waals surface area contributed by atoms with Gasteiger partial charge in [0.2, 0.25) is 0 Å². The number of furan rings is 1. The maximum Gasteiger partial charge on any atom is 0.143 e. The second kappa shape index (κ2) is 10.9. The number of fused-ring (bicyclic) bond motifs is 10. The quantitative estimate of drug-likeness (QED) is 0.138. The highest BCUT2D eigenvalue weighted by Crippen LogP contribution is 2.47. The topological polar surface area (TPSA) is 13.1 Å². The van der Waals surface area contributed by atoms with E-state index in [9.17, 15) is 0 Å². The maximum absolute atomic E-state index is 6.57. The van der Waals surface area contributed by atoms with Crippen LogP contribution in [0.1, 0.15) is 0 Å². The summed E-state index contributed by atoms with van der Waals surface area (Å²) in [5, 5.41) is 14.7. The number of benzene rings is 10. The third-order valence-corrected chi connectivity index (χ3v) is 10.8. The van der Waals surface area contributed by atoms with Gasteiger partial charge in [-0.05, 0) is 106 Å². The zero-order valence-electron chi connectivity index (χ0n) is 27.7. The van der Waals surface area contributed by atoms with E-state index in [0.29, 0.717) is 0 Å². The van der Waals surface area contributed by atoms with Crippen LogP contribution in [0, 0.1) is 0 Å². The molecule has 0 saturated carbocycles. The minimum absolute atomic E-state index is 0.909. The van der Waals surface area contributed by atoms with Gasteiger partial charge in [-0.1, -0.05) is 158 Å². The molecule has 1 aromatic heterocycles. The number of hydrogen-bond donors (Lipinski definition) is 0. The van der Waals surface area contributed by atoms with Gasteiger partial charge in [0.15, 0.2) is 0 Å². The molecule has 51 heavy (non-hydrogen) atoms. The van der Waals surface area contributed by atoms with Crippen LogP contribution in [0.5, 0.6) is 0 Å². The smallest absolute Gasteiger partial charge is 0.143 e. The lowest BCUT2D eigenvalue weighted by Gasteiger charge is -2.20. The van der Waals surface area contributed by atoms with Crippen molar-refractivity contribution in [3.05, 3.63) is 182 Å². The summed E-state index contributed by atoms with van der Waals surface area (Å²) in [7, 11) is 0. The molecule has 0 bridgehead atoms. The molecule has 0 unspecified atom stereocenters. The van der Waals surface area contributed by atoms with Gasteiger partial charge >= 0.3 is 0 Å². The van der Waals surface area contributed by atoms with E-state index in [2.05, 4.69) is 182 Å². The van der Waals surface area contributed by atoms with Crippen LogP contribution in [0.15, 0.2) is 186 Å². The summed E-state index contributed by atoms with van der Waals surface area (Å²) < 4.78 is 6.57. The zero-order chi connectivity index (χ0) is 33.5. The molecule has 236 valence electrons. The summed E-state index contributed by atoms with van der Waals surface area (Å²) in [6, 6.07) is 66.3. The van der Waals surface area contributed by atoms with Crippen molar-refractivity contribution in [3.8, 4) is 33.4 Å². The minimum atomic E-state index is 0.909. The molecule has 1 heterocycles. The highest BCUT2D eigenvalue weighted by molar-refractivity contribution is 6.26. The van der Waals surface area contributed by atoms with Gasteiger partial charge in [-0.15, -0.1) is 0 Å². The first-order chi connectivity index (χ1) is 25.3. The van der Waals surface area contributed by atoms with Gasteiger partial charge in [0.05, 0.1) is 0 Å². The summed E-state index contributed by atoms with van der Waals surface area (Å²) in [5.41, 5.74) is 9.21. The minimum Gasteiger partial charge on any atom is -0.455 e. The Bertz CT molecular complexity index is 3140. The first kappa shape index (κ1) is 28.2. The van der Waals surface area contributed by atoms with Gasteiger partial charge < -0.3 is 4.42 Å². The Labute approximate surface area is 294 Å². The molecule has 1 heteroatoms. The Kier molecular flexibility index (Phi) is 6.02. The molecule has 0 amide bonds. The molecule has 0 atom stereocenters. The van der Waals surface area contributed by atoms with Crippen molar-refractivity contribution in [1.29, 1.82) is 0 Å².